The SMILES string of the molecule is CCN(Cc1ccc(Cl)s1)C(=O)c1ccc(C)c(NC(=O)c2ccccc2)c1. The summed E-state index contributed by atoms with van der Waals surface area (Å²) in [5, 5.41) is 2.91. The van der Waals surface area contributed by atoms with Crippen LogP contribution < -0.4 is 5.32 Å². The largest absolute Gasteiger partial charge is 0.334 e. The average molecular weight is 413 g/mol. The minimum Gasteiger partial charge on any atom is -0.334 e. The van der Waals surface area contributed by atoms with Crippen LogP contribution in [0.5, 0.6) is 0 Å². The van der Waals surface area contributed by atoms with Gasteiger partial charge in [-0.15, -0.1) is 11.3 Å². The van der Waals surface area contributed by atoms with Crippen LogP contribution >= 0.6 is 22.9 Å². The average Bonchev–Trinajstić information content (AvgIpc) is 3.12. The highest BCUT2D eigenvalue weighted by Gasteiger charge is 2.17. The Morgan fingerprint density at radius 3 is 2.43 bits per heavy atom. The molecule has 3 rings (SSSR count). The van der Waals surface area contributed by atoms with Crippen LogP contribution in [0.4, 0.5) is 5.69 Å². The Kier molecular flexibility index (Phi) is 6.49. The molecule has 1 heterocycles. The Balaban J connectivity index is 1.79. The van der Waals surface area contributed by atoms with Gasteiger partial charge in [0.05, 0.1) is 10.9 Å². The second-order valence-electron chi connectivity index (χ2n) is 6.37. The maximum absolute atomic E-state index is 13.0. The van der Waals surface area contributed by atoms with E-state index in [4.69, 9.17) is 11.6 Å². The second kappa shape index (κ2) is 9.04. The van der Waals surface area contributed by atoms with E-state index in [1.165, 1.54) is 11.3 Å². The molecule has 1 N–H and O–H groups in total. The Bertz CT molecular complexity index is 985. The van der Waals surface area contributed by atoms with E-state index in [-0.39, 0.29) is 11.8 Å². The predicted molar refractivity (Wildman–Crippen MR) is 115 cm³/mol. The number of hydrogen-bond acceptors (Lipinski definition) is 3. The van der Waals surface area contributed by atoms with Crippen LogP contribution in [0.15, 0.2) is 60.7 Å². The minimum atomic E-state index is -0.200. The Hall–Kier alpha value is -2.63. The number of amides is 2. The van der Waals surface area contributed by atoms with Gasteiger partial charge in [0.2, 0.25) is 0 Å². The van der Waals surface area contributed by atoms with Gasteiger partial charge >= 0.3 is 0 Å². The fourth-order valence-corrected chi connectivity index (χ4v) is 3.91. The van der Waals surface area contributed by atoms with E-state index < -0.39 is 0 Å². The summed E-state index contributed by atoms with van der Waals surface area (Å²) in [6.45, 7) is 4.93. The zero-order chi connectivity index (χ0) is 20.1. The normalized spacial score (nSPS) is 10.5. The molecular formula is C22H21ClN2O2S. The zero-order valence-corrected chi connectivity index (χ0v) is 17.3. The van der Waals surface area contributed by atoms with Crippen molar-refractivity contribution in [3.8, 4) is 0 Å². The van der Waals surface area contributed by atoms with E-state index in [2.05, 4.69) is 5.32 Å². The number of rotatable bonds is 6. The third-order valence-corrected chi connectivity index (χ3v) is 5.63. The monoisotopic (exact) mass is 412 g/mol. The second-order valence-corrected chi connectivity index (χ2v) is 8.17. The van der Waals surface area contributed by atoms with Gasteiger partial charge in [-0.25, -0.2) is 0 Å². The van der Waals surface area contributed by atoms with E-state index in [1.54, 1.807) is 29.2 Å². The molecule has 0 spiro atoms. The Morgan fingerprint density at radius 2 is 1.79 bits per heavy atom. The van der Waals surface area contributed by atoms with Crippen molar-refractivity contribution in [3.05, 3.63) is 86.6 Å². The number of nitrogens with one attached hydrogen (secondary N) is 1. The fraction of sp³-hybridized carbons (Fsp3) is 0.182. The summed E-state index contributed by atoms with van der Waals surface area (Å²) in [4.78, 5) is 28.2. The third-order valence-electron chi connectivity index (χ3n) is 4.41. The first kappa shape index (κ1) is 20.1. The molecule has 0 saturated carbocycles. The maximum atomic E-state index is 13.0. The van der Waals surface area contributed by atoms with Crippen molar-refractivity contribution in [2.75, 3.05) is 11.9 Å². The number of thiophene rings is 1. The van der Waals surface area contributed by atoms with Crippen LogP contribution in [0.1, 0.15) is 38.1 Å². The van der Waals surface area contributed by atoms with Gasteiger partial charge < -0.3 is 10.2 Å². The molecule has 2 amide bonds. The van der Waals surface area contributed by atoms with E-state index >= 15 is 0 Å². The lowest BCUT2D eigenvalue weighted by atomic mass is 10.1. The molecule has 0 saturated heterocycles. The van der Waals surface area contributed by atoms with Crippen molar-refractivity contribution in [2.45, 2.75) is 20.4 Å². The minimum absolute atomic E-state index is 0.0813. The van der Waals surface area contributed by atoms with Crippen molar-refractivity contribution in [1.29, 1.82) is 0 Å². The summed E-state index contributed by atoms with van der Waals surface area (Å²) in [7, 11) is 0. The summed E-state index contributed by atoms with van der Waals surface area (Å²) >= 11 is 7.47. The Morgan fingerprint density at radius 1 is 1.04 bits per heavy atom. The molecule has 0 aliphatic rings. The molecule has 0 radical (unpaired) electrons. The van der Waals surface area contributed by atoms with E-state index in [0.29, 0.717) is 34.2 Å². The lowest BCUT2D eigenvalue weighted by molar-refractivity contribution is 0.0754. The van der Waals surface area contributed by atoms with Gasteiger partial charge in [0.15, 0.2) is 0 Å². The van der Waals surface area contributed by atoms with Crippen molar-refractivity contribution in [3.63, 3.8) is 0 Å². The molecule has 144 valence electrons. The maximum Gasteiger partial charge on any atom is 0.255 e. The van der Waals surface area contributed by atoms with Gasteiger partial charge in [0.1, 0.15) is 0 Å². The molecule has 0 unspecified atom stereocenters. The standard InChI is InChI=1S/C22H21ClN2O2S/c1-3-25(14-18-11-12-20(23)28-18)22(27)17-10-9-15(2)19(13-17)24-21(26)16-7-5-4-6-8-16/h4-13H,3,14H2,1-2H3,(H,24,26). The van der Waals surface area contributed by atoms with Crippen LogP contribution in [0, 0.1) is 6.92 Å². The molecule has 1 aromatic heterocycles. The lowest BCUT2D eigenvalue weighted by Gasteiger charge is -2.21. The van der Waals surface area contributed by atoms with Gasteiger partial charge in [0, 0.05) is 28.2 Å². The van der Waals surface area contributed by atoms with Crippen LogP contribution in [0.25, 0.3) is 0 Å². The molecule has 28 heavy (non-hydrogen) atoms. The lowest BCUT2D eigenvalue weighted by Crippen LogP contribution is -2.30. The number of halogens is 1. The molecule has 6 heteroatoms. The van der Waals surface area contributed by atoms with E-state index in [0.717, 1.165) is 10.4 Å². The predicted octanol–water partition coefficient (Wildman–Crippen LogP) is 5.62. The third kappa shape index (κ3) is 4.80. The summed E-state index contributed by atoms with van der Waals surface area (Å²) < 4.78 is 0.708. The first-order valence-corrected chi connectivity index (χ1v) is 10.2. The zero-order valence-electron chi connectivity index (χ0n) is 15.7. The van der Waals surface area contributed by atoms with Crippen LogP contribution in [0.2, 0.25) is 4.34 Å². The number of carbonyl (C=O) groups excluding carboxylic acids is 2. The van der Waals surface area contributed by atoms with Gasteiger partial charge in [0.25, 0.3) is 11.8 Å². The number of carbonyl (C=O) groups is 2. The molecule has 0 bridgehead atoms. The summed E-state index contributed by atoms with van der Waals surface area (Å²) in [6.07, 6.45) is 0. The first-order valence-electron chi connectivity index (χ1n) is 8.98. The highest BCUT2D eigenvalue weighted by molar-refractivity contribution is 7.16. The molecule has 4 nitrogen and oxygen atoms in total. The van der Waals surface area contributed by atoms with E-state index in [9.17, 15) is 9.59 Å². The van der Waals surface area contributed by atoms with Gasteiger partial charge in [-0.1, -0.05) is 35.9 Å². The topological polar surface area (TPSA) is 49.4 Å². The number of benzene rings is 2. The van der Waals surface area contributed by atoms with Crippen molar-refractivity contribution in [1.82, 2.24) is 4.90 Å². The van der Waals surface area contributed by atoms with Gasteiger partial charge in [-0.05, 0) is 55.8 Å². The number of nitrogens with zero attached hydrogens (tertiary/aromatic N) is 1. The number of hydrogen-bond donors (Lipinski definition) is 1. The molecule has 0 fully saturated rings. The number of anilines is 1. The summed E-state index contributed by atoms with van der Waals surface area (Å²) in [6, 6.07) is 18.2. The van der Waals surface area contributed by atoms with Crippen molar-refractivity contribution >= 4 is 40.4 Å². The summed E-state index contributed by atoms with van der Waals surface area (Å²) in [5.74, 6) is -0.281. The van der Waals surface area contributed by atoms with Crippen LogP contribution in [-0.2, 0) is 6.54 Å². The van der Waals surface area contributed by atoms with Crippen LogP contribution in [0.3, 0.4) is 0 Å². The van der Waals surface area contributed by atoms with Gasteiger partial charge in [-0.3, -0.25) is 9.59 Å². The fourth-order valence-electron chi connectivity index (χ4n) is 2.81. The molecular weight excluding hydrogens is 392 g/mol. The van der Waals surface area contributed by atoms with Gasteiger partial charge in [-0.2, -0.15) is 0 Å². The quantitative estimate of drug-likeness (QED) is 0.570. The molecule has 0 atom stereocenters. The van der Waals surface area contributed by atoms with Crippen LogP contribution in [-0.4, -0.2) is 23.3 Å². The Labute approximate surface area is 173 Å². The molecule has 3 aromatic rings. The van der Waals surface area contributed by atoms with Crippen molar-refractivity contribution < 1.29 is 9.59 Å². The molecule has 0 aliphatic carbocycles. The molecule has 0 aliphatic heterocycles. The summed E-state index contributed by atoms with van der Waals surface area (Å²) in [5.41, 5.74) is 2.64. The van der Waals surface area contributed by atoms with E-state index in [1.807, 2.05) is 50.2 Å². The number of aryl methyl sites for hydroxylation is 1. The first-order chi connectivity index (χ1) is 13.5. The highest BCUT2D eigenvalue weighted by atomic mass is 35.5. The smallest absolute Gasteiger partial charge is 0.255 e. The highest BCUT2D eigenvalue weighted by Crippen LogP contribution is 2.24. The molecule has 2 aromatic carbocycles. The van der Waals surface area contributed by atoms with Crippen molar-refractivity contribution in [2.24, 2.45) is 0 Å².